The van der Waals surface area contributed by atoms with E-state index in [1.807, 2.05) is 51.1 Å². The molecule has 2 atom stereocenters. The van der Waals surface area contributed by atoms with Gasteiger partial charge in [0, 0.05) is 0 Å². The predicted octanol–water partition coefficient (Wildman–Crippen LogP) is 2.92. The van der Waals surface area contributed by atoms with Crippen molar-refractivity contribution < 1.29 is 19.4 Å². The molecular formula is C17H25NO4. The predicted molar refractivity (Wildman–Crippen MR) is 83.2 cm³/mol. The number of hydrogen-bond donors (Lipinski definition) is 1. The summed E-state index contributed by atoms with van der Waals surface area (Å²) in [6, 6.07) is 9.73. The second-order valence-corrected chi connectivity index (χ2v) is 6.60. The lowest BCUT2D eigenvalue weighted by Crippen LogP contribution is -2.45. The Kier molecular flexibility index (Phi) is 5.42. The molecule has 1 aromatic rings. The zero-order valence-electron chi connectivity index (χ0n) is 13.5. The number of amides is 1. The van der Waals surface area contributed by atoms with Crippen LogP contribution in [0.25, 0.3) is 0 Å². The molecular weight excluding hydrogens is 282 g/mol. The molecule has 0 spiro atoms. The van der Waals surface area contributed by atoms with Gasteiger partial charge in [-0.25, -0.2) is 4.79 Å². The van der Waals surface area contributed by atoms with Gasteiger partial charge in [-0.1, -0.05) is 30.3 Å². The average Bonchev–Trinajstić information content (AvgIpc) is 2.79. The number of aliphatic hydroxyl groups is 1. The van der Waals surface area contributed by atoms with Crippen LogP contribution >= 0.6 is 0 Å². The highest BCUT2D eigenvalue weighted by molar-refractivity contribution is 5.69. The molecule has 0 radical (unpaired) electrons. The first-order valence-electron chi connectivity index (χ1n) is 7.68. The van der Waals surface area contributed by atoms with Crippen LogP contribution < -0.4 is 0 Å². The van der Waals surface area contributed by atoms with Gasteiger partial charge >= 0.3 is 6.09 Å². The van der Waals surface area contributed by atoms with E-state index in [2.05, 4.69) is 0 Å². The van der Waals surface area contributed by atoms with Gasteiger partial charge in [0.05, 0.1) is 19.3 Å². The van der Waals surface area contributed by atoms with Gasteiger partial charge in [0.25, 0.3) is 0 Å². The Morgan fingerprint density at radius 1 is 1.27 bits per heavy atom. The number of nitrogens with zero attached hydrogens (tertiary/aromatic N) is 1. The summed E-state index contributed by atoms with van der Waals surface area (Å²) in [6.07, 6.45) is -0.000602. The minimum absolute atomic E-state index is 0.145. The van der Waals surface area contributed by atoms with E-state index in [0.29, 0.717) is 19.6 Å². The molecule has 0 aliphatic carbocycles. The molecule has 1 aliphatic heterocycles. The van der Waals surface area contributed by atoms with E-state index in [-0.39, 0.29) is 6.04 Å². The highest BCUT2D eigenvalue weighted by Crippen LogP contribution is 2.25. The number of carbonyl (C=O) groups is 1. The zero-order chi connectivity index (χ0) is 16.2. The first-order valence-corrected chi connectivity index (χ1v) is 7.68. The molecule has 5 nitrogen and oxygen atoms in total. The van der Waals surface area contributed by atoms with E-state index in [9.17, 15) is 9.90 Å². The third-order valence-electron chi connectivity index (χ3n) is 3.50. The van der Waals surface area contributed by atoms with Crippen molar-refractivity contribution in [2.75, 3.05) is 6.61 Å². The lowest BCUT2D eigenvalue weighted by molar-refractivity contribution is -0.0374. The van der Waals surface area contributed by atoms with Crippen LogP contribution in [0, 0.1) is 0 Å². The minimum Gasteiger partial charge on any atom is -0.444 e. The molecule has 1 heterocycles. The summed E-state index contributed by atoms with van der Waals surface area (Å²) in [5, 5.41) is 10.0. The lowest BCUT2D eigenvalue weighted by atomic mass is 10.2. The van der Waals surface area contributed by atoms with Crippen LogP contribution in [-0.4, -0.2) is 40.6 Å². The second kappa shape index (κ2) is 7.11. The number of likely N-dealkylation sites (tertiary alicyclic amines) is 1. The molecule has 0 bridgehead atoms. The highest BCUT2D eigenvalue weighted by atomic mass is 16.6. The van der Waals surface area contributed by atoms with Gasteiger partial charge in [0.1, 0.15) is 11.8 Å². The van der Waals surface area contributed by atoms with Crippen molar-refractivity contribution >= 4 is 6.09 Å². The Morgan fingerprint density at radius 2 is 1.95 bits per heavy atom. The van der Waals surface area contributed by atoms with Crippen molar-refractivity contribution in [3.63, 3.8) is 0 Å². The molecule has 1 aliphatic rings. The topological polar surface area (TPSA) is 59.0 Å². The standard InChI is InChI=1S/C17H25NO4/c1-17(2,3)22-16(20)18-14(9-10-15(18)19)12-21-11-13-7-5-4-6-8-13/h4-8,14-15,19H,9-12H2,1-3H3/t14-,15?/m0/s1. The average molecular weight is 307 g/mol. The van der Waals surface area contributed by atoms with E-state index in [0.717, 1.165) is 12.0 Å². The van der Waals surface area contributed by atoms with Crippen molar-refractivity contribution in [1.82, 2.24) is 4.90 Å². The quantitative estimate of drug-likeness (QED) is 0.929. The summed E-state index contributed by atoms with van der Waals surface area (Å²) >= 11 is 0. The third-order valence-corrected chi connectivity index (χ3v) is 3.50. The fourth-order valence-electron chi connectivity index (χ4n) is 2.50. The number of aliphatic hydroxyl groups excluding tert-OH is 1. The molecule has 122 valence electrons. The Bertz CT molecular complexity index is 483. The van der Waals surface area contributed by atoms with Gasteiger partial charge in [0.15, 0.2) is 0 Å². The maximum Gasteiger partial charge on any atom is 0.412 e. The summed E-state index contributed by atoms with van der Waals surface area (Å²) in [7, 11) is 0. The lowest BCUT2D eigenvalue weighted by Gasteiger charge is -2.30. The largest absolute Gasteiger partial charge is 0.444 e. The summed E-state index contributed by atoms with van der Waals surface area (Å²) in [4.78, 5) is 13.6. The van der Waals surface area contributed by atoms with Crippen molar-refractivity contribution in [3.05, 3.63) is 35.9 Å². The SMILES string of the molecule is CC(C)(C)OC(=O)N1C(O)CC[C@H]1COCc1ccccc1. The van der Waals surface area contributed by atoms with Crippen molar-refractivity contribution in [2.45, 2.75) is 58.1 Å². The number of benzene rings is 1. The van der Waals surface area contributed by atoms with Crippen LogP contribution in [0.2, 0.25) is 0 Å². The fourth-order valence-corrected chi connectivity index (χ4v) is 2.50. The van der Waals surface area contributed by atoms with Crippen molar-refractivity contribution in [2.24, 2.45) is 0 Å². The van der Waals surface area contributed by atoms with Crippen LogP contribution in [0.3, 0.4) is 0 Å². The van der Waals surface area contributed by atoms with Crippen LogP contribution in [0.15, 0.2) is 30.3 Å². The third kappa shape index (κ3) is 4.71. The first kappa shape index (κ1) is 16.8. The van der Waals surface area contributed by atoms with Crippen LogP contribution in [0.1, 0.15) is 39.2 Å². The summed E-state index contributed by atoms with van der Waals surface area (Å²) < 4.78 is 11.1. The zero-order valence-corrected chi connectivity index (χ0v) is 13.5. The van der Waals surface area contributed by atoms with Gasteiger partial charge in [-0.15, -0.1) is 0 Å². The molecule has 1 saturated heterocycles. The summed E-state index contributed by atoms with van der Waals surface area (Å²) in [5.74, 6) is 0. The minimum atomic E-state index is -0.792. The second-order valence-electron chi connectivity index (χ2n) is 6.60. The smallest absolute Gasteiger partial charge is 0.412 e. The fraction of sp³-hybridized carbons (Fsp3) is 0.588. The van der Waals surface area contributed by atoms with Crippen LogP contribution in [-0.2, 0) is 16.1 Å². The monoisotopic (exact) mass is 307 g/mol. The van der Waals surface area contributed by atoms with Gasteiger partial charge in [0.2, 0.25) is 0 Å². The van der Waals surface area contributed by atoms with Crippen molar-refractivity contribution in [1.29, 1.82) is 0 Å². The Labute approximate surface area is 131 Å². The Balaban J connectivity index is 1.87. The number of hydrogen-bond acceptors (Lipinski definition) is 4. The van der Waals surface area contributed by atoms with Gasteiger partial charge < -0.3 is 14.6 Å². The van der Waals surface area contributed by atoms with E-state index in [1.165, 1.54) is 4.90 Å². The maximum absolute atomic E-state index is 12.2. The van der Waals surface area contributed by atoms with Crippen LogP contribution in [0.4, 0.5) is 4.79 Å². The normalized spacial score (nSPS) is 21.9. The summed E-state index contributed by atoms with van der Waals surface area (Å²) in [6.45, 7) is 6.33. The van der Waals surface area contributed by atoms with Gasteiger partial charge in [-0.2, -0.15) is 0 Å². The Hall–Kier alpha value is -1.59. The molecule has 1 aromatic carbocycles. The molecule has 1 N–H and O–H groups in total. The summed E-state index contributed by atoms with van der Waals surface area (Å²) in [5.41, 5.74) is 0.513. The molecule has 2 rings (SSSR count). The number of rotatable bonds is 4. The van der Waals surface area contributed by atoms with Crippen LogP contribution in [0.5, 0.6) is 0 Å². The van der Waals surface area contributed by atoms with E-state index < -0.39 is 17.9 Å². The molecule has 0 saturated carbocycles. The first-order chi connectivity index (χ1) is 10.4. The molecule has 5 heteroatoms. The Morgan fingerprint density at radius 3 is 2.59 bits per heavy atom. The van der Waals surface area contributed by atoms with Crippen molar-refractivity contribution in [3.8, 4) is 0 Å². The van der Waals surface area contributed by atoms with E-state index in [4.69, 9.17) is 9.47 Å². The molecule has 1 fully saturated rings. The van der Waals surface area contributed by atoms with Gasteiger partial charge in [-0.05, 0) is 39.2 Å². The molecule has 1 amide bonds. The maximum atomic E-state index is 12.2. The van der Waals surface area contributed by atoms with Gasteiger partial charge in [-0.3, -0.25) is 4.90 Å². The highest BCUT2D eigenvalue weighted by Gasteiger charge is 2.38. The molecule has 1 unspecified atom stereocenters. The number of ether oxygens (including phenoxy) is 2. The number of carbonyl (C=O) groups excluding carboxylic acids is 1. The van der Waals surface area contributed by atoms with E-state index in [1.54, 1.807) is 0 Å². The molecule has 22 heavy (non-hydrogen) atoms. The van der Waals surface area contributed by atoms with E-state index >= 15 is 0 Å². The molecule has 0 aromatic heterocycles.